The van der Waals surface area contributed by atoms with E-state index in [9.17, 15) is 0 Å². The first-order chi connectivity index (χ1) is 10.6. The van der Waals surface area contributed by atoms with Gasteiger partial charge >= 0.3 is 0 Å². The van der Waals surface area contributed by atoms with Crippen molar-refractivity contribution in [2.45, 2.75) is 19.9 Å². The Bertz CT molecular complexity index is 890. The van der Waals surface area contributed by atoms with E-state index in [1.165, 1.54) is 44.2 Å². The minimum absolute atomic E-state index is 0.355. The van der Waals surface area contributed by atoms with Crippen molar-refractivity contribution < 1.29 is 0 Å². The third-order valence-electron chi connectivity index (χ3n) is 4.86. The average molecular weight is 287 g/mol. The van der Waals surface area contributed by atoms with Gasteiger partial charge in [-0.25, -0.2) is 0 Å². The van der Waals surface area contributed by atoms with Crippen molar-refractivity contribution in [3.05, 3.63) is 70.8 Å². The van der Waals surface area contributed by atoms with Crippen molar-refractivity contribution in [2.24, 2.45) is 0 Å². The summed E-state index contributed by atoms with van der Waals surface area (Å²) >= 11 is 0. The van der Waals surface area contributed by atoms with Gasteiger partial charge in [0, 0.05) is 0 Å². The van der Waals surface area contributed by atoms with Gasteiger partial charge in [0.25, 0.3) is 0 Å². The molecule has 0 N–H and O–H groups in total. The quantitative estimate of drug-likeness (QED) is 0.602. The number of hydrogen-bond acceptors (Lipinski definition) is 1. The van der Waals surface area contributed by atoms with Gasteiger partial charge in [-0.2, -0.15) is 0 Å². The molecule has 0 amide bonds. The highest BCUT2D eigenvalue weighted by atomic mass is 15.1. The predicted octanol–water partition coefficient (Wildman–Crippen LogP) is 5.09. The Morgan fingerprint density at radius 1 is 0.818 bits per heavy atom. The van der Waals surface area contributed by atoms with E-state index in [0.717, 1.165) is 0 Å². The van der Waals surface area contributed by atoms with E-state index in [2.05, 4.69) is 81.4 Å². The van der Waals surface area contributed by atoms with Crippen molar-refractivity contribution in [3.8, 4) is 11.1 Å². The Labute approximate surface area is 132 Å². The molecule has 1 atom stereocenters. The van der Waals surface area contributed by atoms with Gasteiger partial charge in [-0.15, -0.1) is 0 Å². The molecule has 0 saturated heterocycles. The smallest absolute Gasteiger partial charge is 0.0609 e. The monoisotopic (exact) mass is 287 g/mol. The van der Waals surface area contributed by atoms with Crippen LogP contribution in [0.5, 0.6) is 0 Å². The topological polar surface area (TPSA) is 3.24 Å². The van der Waals surface area contributed by atoms with Crippen LogP contribution in [-0.4, -0.2) is 19.0 Å². The van der Waals surface area contributed by atoms with Gasteiger partial charge in [-0.1, -0.05) is 54.1 Å². The Balaban J connectivity index is 2.16. The maximum Gasteiger partial charge on any atom is 0.0609 e. The lowest BCUT2D eigenvalue weighted by molar-refractivity contribution is 0.347. The van der Waals surface area contributed by atoms with Gasteiger partial charge in [-0.05, 0) is 66.5 Å². The SMILES string of the molecule is Cc1ccc2c(c1)C(N(C)C)c1cc(C)c3ccccc3c1-2. The van der Waals surface area contributed by atoms with Crippen LogP contribution >= 0.6 is 0 Å². The number of nitrogens with zero attached hydrogens (tertiary/aromatic N) is 1. The number of hydrogen-bond donors (Lipinski definition) is 0. The van der Waals surface area contributed by atoms with E-state index in [1.807, 2.05) is 0 Å². The number of rotatable bonds is 1. The van der Waals surface area contributed by atoms with Crippen molar-refractivity contribution in [1.29, 1.82) is 0 Å². The first kappa shape index (κ1) is 13.5. The molecule has 0 aliphatic heterocycles. The minimum Gasteiger partial charge on any atom is -0.299 e. The molecule has 0 aromatic heterocycles. The van der Waals surface area contributed by atoms with Crippen LogP contribution in [0.4, 0.5) is 0 Å². The summed E-state index contributed by atoms with van der Waals surface area (Å²) < 4.78 is 0. The van der Waals surface area contributed by atoms with E-state index in [4.69, 9.17) is 0 Å². The normalized spacial score (nSPS) is 16.1. The molecule has 1 nitrogen and oxygen atoms in total. The zero-order valence-electron chi connectivity index (χ0n) is 13.6. The second-order valence-electron chi connectivity index (χ2n) is 6.66. The maximum atomic E-state index is 2.39. The van der Waals surface area contributed by atoms with Crippen LogP contribution in [0.2, 0.25) is 0 Å². The van der Waals surface area contributed by atoms with Crippen molar-refractivity contribution in [3.63, 3.8) is 0 Å². The molecule has 0 saturated carbocycles. The molecule has 110 valence electrons. The van der Waals surface area contributed by atoms with Crippen LogP contribution in [0.1, 0.15) is 28.3 Å². The summed E-state index contributed by atoms with van der Waals surface area (Å²) in [5, 5.41) is 2.75. The lowest BCUT2D eigenvalue weighted by Crippen LogP contribution is -2.19. The molecule has 3 aromatic rings. The van der Waals surface area contributed by atoms with E-state index in [-0.39, 0.29) is 0 Å². The average Bonchev–Trinajstić information content (AvgIpc) is 2.80. The Morgan fingerprint density at radius 2 is 1.55 bits per heavy atom. The van der Waals surface area contributed by atoms with Crippen LogP contribution in [0.25, 0.3) is 21.9 Å². The minimum atomic E-state index is 0.355. The van der Waals surface area contributed by atoms with Crippen LogP contribution < -0.4 is 0 Å². The predicted molar refractivity (Wildman–Crippen MR) is 94.4 cm³/mol. The molecule has 4 rings (SSSR count). The van der Waals surface area contributed by atoms with Gasteiger partial charge in [0.2, 0.25) is 0 Å². The van der Waals surface area contributed by atoms with Gasteiger partial charge in [-0.3, -0.25) is 4.90 Å². The van der Waals surface area contributed by atoms with Gasteiger partial charge in [0.1, 0.15) is 0 Å². The lowest BCUT2D eigenvalue weighted by atomic mass is 9.94. The summed E-state index contributed by atoms with van der Waals surface area (Å²) in [5.74, 6) is 0. The van der Waals surface area contributed by atoms with Crippen molar-refractivity contribution >= 4 is 10.8 Å². The third-order valence-corrected chi connectivity index (χ3v) is 4.86. The molecule has 1 aliphatic carbocycles. The summed E-state index contributed by atoms with van der Waals surface area (Å²) in [4.78, 5) is 2.33. The summed E-state index contributed by atoms with van der Waals surface area (Å²) in [6, 6.07) is 18.4. The third kappa shape index (κ3) is 1.75. The summed E-state index contributed by atoms with van der Waals surface area (Å²) in [5.41, 5.74) is 8.41. The second kappa shape index (κ2) is 4.69. The highest BCUT2D eigenvalue weighted by Crippen LogP contribution is 2.49. The molecule has 1 aliphatic rings. The van der Waals surface area contributed by atoms with Crippen LogP contribution in [0.3, 0.4) is 0 Å². The van der Waals surface area contributed by atoms with Crippen molar-refractivity contribution in [1.82, 2.24) is 4.90 Å². The summed E-state index contributed by atoms with van der Waals surface area (Å²) in [7, 11) is 4.35. The Kier molecular flexibility index (Phi) is 2.88. The number of benzene rings is 3. The standard InChI is InChI=1S/C21H21N/c1-13-9-10-17-18(11-13)21(22(3)4)19-12-14(2)15-7-5-6-8-16(15)20(17)19/h5-12,21H,1-4H3. The van der Waals surface area contributed by atoms with E-state index in [0.29, 0.717) is 6.04 Å². The first-order valence-electron chi connectivity index (χ1n) is 7.87. The fraction of sp³-hybridized carbons (Fsp3) is 0.238. The highest BCUT2D eigenvalue weighted by molar-refractivity contribution is 6.03. The zero-order valence-corrected chi connectivity index (χ0v) is 13.6. The molecule has 3 aromatic carbocycles. The summed E-state index contributed by atoms with van der Waals surface area (Å²) in [6.07, 6.45) is 0. The molecule has 0 radical (unpaired) electrons. The molecular weight excluding hydrogens is 266 g/mol. The molecular formula is C21H21N. The fourth-order valence-electron chi connectivity index (χ4n) is 3.96. The van der Waals surface area contributed by atoms with E-state index < -0.39 is 0 Å². The number of fused-ring (bicyclic) bond motifs is 5. The first-order valence-corrected chi connectivity index (χ1v) is 7.87. The molecule has 0 fully saturated rings. The largest absolute Gasteiger partial charge is 0.299 e. The van der Waals surface area contributed by atoms with Gasteiger partial charge < -0.3 is 0 Å². The molecule has 1 heteroatoms. The Hall–Kier alpha value is -2.12. The van der Waals surface area contributed by atoms with Crippen LogP contribution in [-0.2, 0) is 0 Å². The van der Waals surface area contributed by atoms with Gasteiger partial charge in [0.15, 0.2) is 0 Å². The van der Waals surface area contributed by atoms with E-state index in [1.54, 1.807) is 0 Å². The number of aryl methyl sites for hydroxylation is 2. The molecule has 0 bridgehead atoms. The maximum absolute atomic E-state index is 2.39. The Morgan fingerprint density at radius 3 is 2.27 bits per heavy atom. The molecule has 0 spiro atoms. The van der Waals surface area contributed by atoms with Gasteiger partial charge in [0.05, 0.1) is 6.04 Å². The highest BCUT2D eigenvalue weighted by Gasteiger charge is 2.31. The summed E-state index contributed by atoms with van der Waals surface area (Å²) in [6.45, 7) is 4.41. The van der Waals surface area contributed by atoms with Crippen LogP contribution in [0, 0.1) is 13.8 Å². The lowest BCUT2D eigenvalue weighted by Gasteiger charge is -2.22. The molecule has 1 unspecified atom stereocenters. The fourth-order valence-corrected chi connectivity index (χ4v) is 3.96. The van der Waals surface area contributed by atoms with Crippen molar-refractivity contribution in [2.75, 3.05) is 14.1 Å². The molecule has 0 heterocycles. The van der Waals surface area contributed by atoms with Crippen LogP contribution in [0.15, 0.2) is 48.5 Å². The zero-order chi connectivity index (χ0) is 15.4. The second-order valence-corrected chi connectivity index (χ2v) is 6.66. The molecule has 22 heavy (non-hydrogen) atoms. The van der Waals surface area contributed by atoms with E-state index >= 15 is 0 Å².